The third-order valence-electron chi connectivity index (χ3n) is 4.30. The highest BCUT2D eigenvalue weighted by Gasteiger charge is 2.13. The normalized spacial score (nSPS) is 13.7. The number of nitrogens with one attached hydrogen (secondary N) is 2. The molecule has 0 unspecified atom stereocenters. The highest BCUT2D eigenvalue weighted by molar-refractivity contribution is 5.92. The number of aromatic nitrogens is 1. The number of nitrogens with zero attached hydrogens (tertiary/aromatic N) is 1. The Bertz CT molecular complexity index is 887. The summed E-state index contributed by atoms with van der Waals surface area (Å²) >= 11 is 0. The Labute approximate surface area is 146 Å². The van der Waals surface area contributed by atoms with Crippen LogP contribution in [0.4, 0.5) is 11.4 Å². The van der Waals surface area contributed by atoms with Crippen LogP contribution in [-0.4, -0.2) is 10.9 Å². The van der Waals surface area contributed by atoms with Crippen LogP contribution in [0.1, 0.15) is 24.2 Å². The van der Waals surface area contributed by atoms with Crippen molar-refractivity contribution in [1.29, 1.82) is 0 Å². The van der Waals surface area contributed by atoms with E-state index in [1.54, 1.807) is 12.4 Å². The Morgan fingerprint density at radius 3 is 3.00 bits per heavy atom. The van der Waals surface area contributed by atoms with Crippen LogP contribution >= 0.6 is 0 Å². The average Bonchev–Trinajstić information content (AvgIpc) is 3.03. The maximum atomic E-state index is 11.6. The first-order valence-electron chi connectivity index (χ1n) is 8.44. The molecular formula is C20H19N3O2. The first-order chi connectivity index (χ1) is 12.3. The van der Waals surface area contributed by atoms with Crippen molar-refractivity contribution in [3.63, 3.8) is 0 Å². The second kappa shape index (κ2) is 6.81. The Hall–Kier alpha value is -3.08. The van der Waals surface area contributed by atoms with Crippen molar-refractivity contribution in [2.75, 3.05) is 10.6 Å². The number of furan rings is 1. The Morgan fingerprint density at radius 1 is 1.16 bits per heavy atom. The summed E-state index contributed by atoms with van der Waals surface area (Å²) in [5.41, 5.74) is 4.08. The minimum Gasteiger partial charge on any atom is -0.459 e. The van der Waals surface area contributed by atoms with Crippen LogP contribution in [-0.2, 0) is 17.8 Å². The number of aryl methyl sites for hydroxylation is 1. The van der Waals surface area contributed by atoms with E-state index in [9.17, 15) is 4.79 Å². The van der Waals surface area contributed by atoms with Crippen molar-refractivity contribution in [3.8, 4) is 11.3 Å². The van der Waals surface area contributed by atoms with Gasteiger partial charge in [-0.25, -0.2) is 0 Å². The number of carbonyl (C=O) groups is 1. The van der Waals surface area contributed by atoms with Crippen LogP contribution in [0.15, 0.2) is 59.3 Å². The SMILES string of the molecule is O=C1CCCc2cc(NCc3ccc(-c4cccnc4)o3)ccc2N1. The smallest absolute Gasteiger partial charge is 0.224 e. The Balaban J connectivity index is 1.44. The van der Waals surface area contributed by atoms with Gasteiger partial charge in [-0.1, -0.05) is 0 Å². The molecule has 1 aliphatic heterocycles. The lowest BCUT2D eigenvalue weighted by Gasteiger charge is -2.10. The summed E-state index contributed by atoms with van der Waals surface area (Å²) in [6.45, 7) is 0.603. The number of rotatable bonds is 4. The van der Waals surface area contributed by atoms with Gasteiger partial charge in [0.2, 0.25) is 5.91 Å². The summed E-state index contributed by atoms with van der Waals surface area (Å²) in [6.07, 6.45) is 5.91. The molecule has 3 aromatic rings. The quantitative estimate of drug-likeness (QED) is 0.750. The van der Waals surface area contributed by atoms with Crippen molar-refractivity contribution in [1.82, 2.24) is 4.98 Å². The van der Waals surface area contributed by atoms with Crippen LogP contribution in [0.3, 0.4) is 0 Å². The second-order valence-corrected chi connectivity index (χ2v) is 6.13. The molecule has 0 fully saturated rings. The zero-order valence-corrected chi connectivity index (χ0v) is 13.8. The maximum Gasteiger partial charge on any atom is 0.224 e. The summed E-state index contributed by atoms with van der Waals surface area (Å²) in [5, 5.41) is 6.34. The molecule has 0 bridgehead atoms. The van der Waals surface area contributed by atoms with Crippen LogP contribution in [0, 0.1) is 0 Å². The lowest BCUT2D eigenvalue weighted by Crippen LogP contribution is -2.09. The maximum absolute atomic E-state index is 11.6. The summed E-state index contributed by atoms with van der Waals surface area (Å²) in [7, 11) is 0. The van der Waals surface area contributed by atoms with Crippen LogP contribution in [0.2, 0.25) is 0 Å². The average molecular weight is 333 g/mol. The molecule has 25 heavy (non-hydrogen) atoms. The van der Waals surface area contributed by atoms with Gasteiger partial charge >= 0.3 is 0 Å². The van der Waals surface area contributed by atoms with Crippen molar-refractivity contribution < 1.29 is 9.21 Å². The number of amides is 1. The molecule has 0 aliphatic carbocycles. The van der Waals surface area contributed by atoms with Crippen LogP contribution < -0.4 is 10.6 Å². The van der Waals surface area contributed by atoms with Crippen molar-refractivity contribution >= 4 is 17.3 Å². The van der Waals surface area contributed by atoms with E-state index in [4.69, 9.17) is 4.42 Å². The second-order valence-electron chi connectivity index (χ2n) is 6.13. The third-order valence-corrected chi connectivity index (χ3v) is 4.30. The largest absolute Gasteiger partial charge is 0.459 e. The molecule has 5 heteroatoms. The van der Waals surface area contributed by atoms with Crippen molar-refractivity contribution in [2.45, 2.75) is 25.8 Å². The highest BCUT2D eigenvalue weighted by Crippen LogP contribution is 2.26. The van der Waals surface area contributed by atoms with Gasteiger partial charge in [0.1, 0.15) is 11.5 Å². The fraction of sp³-hybridized carbons (Fsp3) is 0.200. The standard InChI is InChI=1S/C20H19N3O2/c24-20-5-1-3-14-11-16(6-8-18(14)23-20)22-13-17-7-9-19(25-17)15-4-2-10-21-12-15/h2,4,6-12,22H,1,3,5,13H2,(H,23,24). The number of fused-ring (bicyclic) bond motifs is 1. The van der Waals surface area contributed by atoms with E-state index in [2.05, 4.69) is 21.7 Å². The lowest BCUT2D eigenvalue weighted by molar-refractivity contribution is -0.116. The molecule has 0 saturated heterocycles. The van der Waals surface area contributed by atoms with Gasteiger partial charge in [-0.3, -0.25) is 9.78 Å². The molecule has 2 aromatic heterocycles. The van der Waals surface area contributed by atoms with Gasteiger partial charge in [-0.15, -0.1) is 0 Å². The molecule has 0 atom stereocenters. The molecule has 126 valence electrons. The number of hydrogen-bond donors (Lipinski definition) is 2. The van der Waals surface area contributed by atoms with Gasteiger partial charge in [0.25, 0.3) is 0 Å². The van der Waals surface area contributed by atoms with E-state index < -0.39 is 0 Å². The molecular weight excluding hydrogens is 314 g/mol. The first-order valence-corrected chi connectivity index (χ1v) is 8.44. The van der Waals surface area contributed by atoms with Gasteiger partial charge in [-0.05, 0) is 60.9 Å². The number of anilines is 2. The van der Waals surface area contributed by atoms with Crippen LogP contribution in [0.25, 0.3) is 11.3 Å². The summed E-state index contributed by atoms with van der Waals surface area (Å²) < 4.78 is 5.88. The molecule has 0 saturated carbocycles. The predicted molar refractivity (Wildman–Crippen MR) is 97.3 cm³/mol. The number of carbonyl (C=O) groups excluding carboxylic acids is 1. The first kappa shape index (κ1) is 15.4. The fourth-order valence-corrected chi connectivity index (χ4v) is 3.01. The molecule has 0 spiro atoms. The molecule has 1 amide bonds. The summed E-state index contributed by atoms with van der Waals surface area (Å²) in [5.74, 6) is 1.77. The molecule has 5 nitrogen and oxygen atoms in total. The van der Waals surface area contributed by atoms with E-state index in [0.717, 1.165) is 41.3 Å². The third kappa shape index (κ3) is 3.55. The van der Waals surface area contributed by atoms with E-state index >= 15 is 0 Å². The van der Waals surface area contributed by atoms with Gasteiger partial charge in [0.15, 0.2) is 0 Å². The minimum atomic E-state index is 0.0953. The molecule has 4 rings (SSSR count). The van der Waals surface area contributed by atoms with E-state index in [-0.39, 0.29) is 5.91 Å². The number of benzene rings is 1. The van der Waals surface area contributed by atoms with Crippen molar-refractivity contribution in [2.24, 2.45) is 0 Å². The molecule has 2 N–H and O–H groups in total. The van der Waals surface area contributed by atoms with E-state index in [0.29, 0.717) is 13.0 Å². The summed E-state index contributed by atoms with van der Waals surface area (Å²) in [6, 6.07) is 13.8. The number of pyridine rings is 1. The molecule has 0 radical (unpaired) electrons. The summed E-state index contributed by atoms with van der Waals surface area (Å²) in [4.78, 5) is 15.7. The zero-order valence-electron chi connectivity index (χ0n) is 13.8. The zero-order chi connectivity index (χ0) is 17.1. The van der Waals surface area contributed by atoms with Gasteiger partial charge in [-0.2, -0.15) is 0 Å². The molecule has 3 heterocycles. The minimum absolute atomic E-state index is 0.0953. The predicted octanol–water partition coefficient (Wildman–Crippen LogP) is 4.23. The lowest BCUT2D eigenvalue weighted by atomic mass is 10.1. The van der Waals surface area contributed by atoms with Crippen LogP contribution in [0.5, 0.6) is 0 Å². The Morgan fingerprint density at radius 2 is 2.12 bits per heavy atom. The van der Waals surface area contributed by atoms with E-state index in [1.807, 2.05) is 36.4 Å². The van der Waals surface area contributed by atoms with Gasteiger partial charge in [0.05, 0.1) is 6.54 Å². The van der Waals surface area contributed by atoms with Gasteiger partial charge < -0.3 is 15.1 Å². The van der Waals surface area contributed by atoms with E-state index in [1.165, 1.54) is 5.56 Å². The monoisotopic (exact) mass is 333 g/mol. The number of hydrogen-bond acceptors (Lipinski definition) is 4. The van der Waals surface area contributed by atoms with Gasteiger partial charge in [0, 0.05) is 35.8 Å². The van der Waals surface area contributed by atoms with Crippen molar-refractivity contribution in [3.05, 3.63) is 66.2 Å². The Kier molecular flexibility index (Phi) is 4.21. The molecule has 1 aromatic carbocycles. The topological polar surface area (TPSA) is 67.2 Å². The fourth-order valence-electron chi connectivity index (χ4n) is 3.01. The molecule has 1 aliphatic rings. The highest BCUT2D eigenvalue weighted by atomic mass is 16.3.